The number of fused-ring (bicyclic) bond motifs is 1. The van der Waals surface area contributed by atoms with E-state index < -0.39 is 0 Å². The number of nitrogens with zero attached hydrogens (tertiary/aromatic N) is 2. The van der Waals surface area contributed by atoms with Gasteiger partial charge in [0, 0.05) is 17.8 Å². The Kier molecular flexibility index (Phi) is 5.50. The summed E-state index contributed by atoms with van der Waals surface area (Å²) in [5, 5.41) is 3.33. The molecular weight excluding hydrogens is 402 g/mol. The summed E-state index contributed by atoms with van der Waals surface area (Å²) in [6.45, 7) is 2.01. The van der Waals surface area contributed by atoms with Crippen molar-refractivity contribution >= 4 is 28.8 Å². The molecule has 0 aliphatic heterocycles. The van der Waals surface area contributed by atoms with Crippen LogP contribution in [0.2, 0.25) is 5.02 Å². The topological polar surface area (TPSA) is 72.7 Å². The molecule has 150 valence electrons. The van der Waals surface area contributed by atoms with Crippen molar-refractivity contribution in [2.45, 2.75) is 13.5 Å². The van der Waals surface area contributed by atoms with Crippen molar-refractivity contribution in [3.8, 4) is 5.75 Å². The first-order valence-corrected chi connectivity index (χ1v) is 9.65. The first-order chi connectivity index (χ1) is 14.5. The molecule has 0 unspecified atom stereocenters. The van der Waals surface area contributed by atoms with Crippen LogP contribution in [-0.2, 0) is 6.61 Å². The SMILES string of the molecule is Cc1cccc(C(=O)Nc2ccccc2OCc2cc(=O)n3cc(Cl)ccc3n2)c1. The van der Waals surface area contributed by atoms with E-state index in [0.29, 0.717) is 33.4 Å². The molecule has 0 saturated heterocycles. The average Bonchev–Trinajstić information content (AvgIpc) is 2.73. The maximum Gasteiger partial charge on any atom is 0.258 e. The number of pyridine rings is 1. The van der Waals surface area contributed by atoms with E-state index in [1.165, 1.54) is 16.7 Å². The van der Waals surface area contributed by atoms with Crippen LogP contribution in [0.15, 0.2) is 77.7 Å². The summed E-state index contributed by atoms with van der Waals surface area (Å²) in [6, 6.07) is 19.2. The Balaban J connectivity index is 1.53. The van der Waals surface area contributed by atoms with Gasteiger partial charge in [0.1, 0.15) is 18.0 Å². The molecule has 6 nitrogen and oxygen atoms in total. The highest BCUT2D eigenvalue weighted by molar-refractivity contribution is 6.30. The summed E-state index contributed by atoms with van der Waals surface area (Å²) in [5.41, 5.74) is 2.80. The fourth-order valence-electron chi connectivity index (χ4n) is 3.03. The van der Waals surface area contributed by atoms with Gasteiger partial charge in [-0.3, -0.25) is 14.0 Å². The fraction of sp³-hybridized carbons (Fsp3) is 0.0870. The lowest BCUT2D eigenvalue weighted by Crippen LogP contribution is -2.16. The number of hydrogen-bond donors (Lipinski definition) is 1. The second-order valence-corrected chi connectivity index (χ2v) is 7.21. The van der Waals surface area contributed by atoms with Crippen LogP contribution < -0.4 is 15.6 Å². The Morgan fingerprint density at radius 1 is 1.10 bits per heavy atom. The van der Waals surface area contributed by atoms with Gasteiger partial charge >= 0.3 is 0 Å². The molecule has 0 spiro atoms. The first-order valence-electron chi connectivity index (χ1n) is 9.27. The molecule has 0 aliphatic carbocycles. The molecule has 0 bridgehead atoms. The van der Waals surface area contributed by atoms with Gasteiger partial charge in [0.25, 0.3) is 11.5 Å². The number of halogens is 1. The normalized spacial score (nSPS) is 10.7. The molecule has 2 aromatic heterocycles. The third-order valence-electron chi connectivity index (χ3n) is 4.47. The molecule has 0 aliphatic rings. The summed E-state index contributed by atoms with van der Waals surface area (Å²) >= 11 is 5.94. The number of aryl methyl sites for hydroxylation is 1. The van der Waals surface area contributed by atoms with Crippen LogP contribution in [0.1, 0.15) is 21.6 Å². The lowest BCUT2D eigenvalue weighted by Gasteiger charge is -2.13. The zero-order chi connectivity index (χ0) is 21.1. The van der Waals surface area contributed by atoms with E-state index in [1.807, 2.05) is 37.3 Å². The summed E-state index contributed by atoms with van der Waals surface area (Å²) in [6.07, 6.45) is 1.52. The molecule has 4 aromatic rings. The van der Waals surface area contributed by atoms with Crippen LogP contribution in [0.25, 0.3) is 5.65 Å². The van der Waals surface area contributed by atoms with Gasteiger partial charge in [-0.1, -0.05) is 41.4 Å². The van der Waals surface area contributed by atoms with Crippen molar-refractivity contribution in [3.63, 3.8) is 0 Å². The quantitative estimate of drug-likeness (QED) is 0.517. The Labute approximate surface area is 177 Å². The molecule has 0 saturated carbocycles. The van der Waals surface area contributed by atoms with Crippen LogP contribution in [0.4, 0.5) is 5.69 Å². The third kappa shape index (κ3) is 4.34. The Hall–Kier alpha value is -3.64. The number of benzene rings is 2. The van der Waals surface area contributed by atoms with Crippen molar-refractivity contribution in [1.29, 1.82) is 0 Å². The number of hydrogen-bond acceptors (Lipinski definition) is 4. The number of rotatable bonds is 5. The molecule has 0 fully saturated rings. The maximum absolute atomic E-state index is 12.6. The van der Waals surface area contributed by atoms with Crippen molar-refractivity contribution < 1.29 is 9.53 Å². The van der Waals surface area contributed by atoms with E-state index in [2.05, 4.69) is 10.3 Å². The summed E-state index contributed by atoms with van der Waals surface area (Å²) in [5.74, 6) is 0.255. The van der Waals surface area contributed by atoms with Gasteiger partial charge in [0.2, 0.25) is 0 Å². The van der Waals surface area contributed by atoms with E-state index in [1.54, 1.807) is 30.3 Å². The number of ether oxygens (including phenoxy) is 1. The number of aromatic nitrogens is 2. The van der Waals surface area contributed by atoms with Crippen molar-refractivity contribution in [2.24, 2.45) is 0 Å². The van der Waals surface area contributed by atoms with Crippen molar-refractivity contribution in [2.75, 3.05) is 5.32 Å². The molecule has 0 radical (unpaired) electrons. The molecule has 7 heteroatoms. The minimum Gasteiger partial charge on any atom is -0.485 e. The van der Waals surface area contributed by atoms with Crippen molar-refractivity contribution in [3.05, 3.63) is 105 Å². The number of amides is 1. The number of anilines is 1. The number of nitrogens with one attached hydrogen (secondary N) is 1. The van der Waals surface area contributed by atoms with Gasteiger partial charge < -0.3 is 10.1 Å². The predicted octanol–water partition coefficient (Wildman–Crippen LogP) is 4.49. The minimum atomic E-state index is -0.248. The second-order valence-electron chi connectivity index (χ2n) is 6.77. The van der Waals surface area contributed by atoms with E-state index in [0.717, 1.165) is 5.56 Å². The fourth-order valence-corrected chi connectivity index (χ4v) is 3.19. The standard InChI is InChI=1S/C23H18ClN3O3/c1-15-5-4-6-16(11-15)23(29)26-19-7-2-3-8-20(19)30-14-18-12-22(28)27-13-17(24)9-10-21(27)25-18/h2-13H,14H2,1H3,(H,26,29). The lowest BCUT2D eigenvalue weighted by atomic mass is 10.1. The highest BCUT2D eigenvalue weighted by atomic mass is 35.5. The zero-order valence-corrected chi connectivity index (χ0v) is 16.9. The average molecular weight is 420 g/mol. The third-order valence-corrected chi connectivity index (χ3v) is 4.69. The molecule has 2 heterocycles. The summed E-state index contributed by atoms with van der Waals surface area (Å²) < 4.78 is 7.24. The Morgan fingerprint density at radius 2 is 1.93 bits per heavy atom. The smallest absolute Gasteiger partial charge is 0.258 e. The summed E-state index contributed by atoms with van der Waals surface area (Å²) in [7, 11) is 0. The van der Waals surface area contributed by atoms with Gasteiger partial charge in [-0.15, -0.1) is 0 Å². The maximum atomic E-state index is 12.6. The Morgan fingerprint density at radius 3 is 2.77 bits per heavy atom. The molecule has 30 heavy (non-hydrogen) atoms. The van der Waals surface area contributed by atoms with Crippen LogP contribution >= 0.6 is 11.6 Å². The molecule has 1 N–H and O–H groups in total. The summed E-state index contributed by atoms with van der Waals surface area (Å²) in [4.78, 5) is 29.3. The second kappa shape index (κ2) is 8.39. The molecule has 1 amide bonds. The lowest BCUT2D eigenvalue weighted by molar-refractivity contribution is 0.102. The molecule has 2 aromatic carbocycles. The molecule has 0 atom stereocenters. The van der Waals surface area contributed by atoms with Crippen LogP contribution in [0, 0.1) is 6.92 Å². The first kappa shape index (κ1) is 19.7. The van der Waals surface area contributed by atoms with Crippen LogP contribution in [0.3, 0.4) is 0 Å². The van der Waals surface area contributed by atoms with Crippen molar-refractivity contribution in [1.82, 2.24) is 9.38 Å². The predicted molar refractivity (Wildman–Crippen MR) is 116 cm³/mol. The highest BCUT2D eigenvalue weighted by Gasteiger charge is 2.11. The monoisotopic (exact) mass is 419 g/mol. The molecular formula is C23H18ClN3O3. The van der Waals surface area contributed by atoms with E-state index >= 15 is 0 Å². The largest absolute Gasteiger partial charge is 0.485 e. The molecule has 4 rings (SSSR count). The number of carbonyl (C=O) groups is 1. The van der Waals surface area contributed by atoms with Gasteiger partial charge in [-0.2, -0.15) is 0 Å². The van der Waals surface area contributed by atoms with Crippen LogP contribution in [-0.4, -0.2) is 15.3 Å². The van der Waals surface area contributed by atoms with E-state index in [-0.39, 0.29) is 18.1 Å². The van der Waals surface area contributed by atoms with Gasteiger partial charge in [0.15, 0.2) is 0 Å². The number of para-hydroxylation sites is 2. The minimum absolute atomic E-state index is 0.0751. The van der Waals surface area contributed by atoms with E-state index in [9.17, 15) is 9.59 Å². The van der Waals surface area contributed by atoms with Crippen LogP contribution in [0.5, 0.6) is 5.75 Å². The van der Waals surface area contributed by atoms with E-state index in [4.69, 9.17) is 16.3 Å². The number of carbonyl (C=O) groups excluding carboxylic acids is 1. The Bertz CT molecular complexity index is 1300. The van der Waals surface area contributed by atoms with Gasteiger partial charge in [-0.25, -0.2) is 4.98 Å². The van der Waals surface area contributed by atoms with Gasteiger partial charge in [-0.05, 0) is 43.3 Å². The highest BCUT2D eigenvalue weighted by Crippen LogP contribution is 2.25. The zero-order valence-electron chi connectivity index (χ0n) is 16.1. The van der Waals surface area contributed by atoms with Gasteiger partial charge in [0.05, 0.1) is 16.4 Å².